The molecule has 1 N–H and O–H groups in total. The fourth-order valence-electron chi connectivity index (χ4n) is 3.26. The van der Waals surface area contributed by atoms with Gasteiger partial charge in [-0.1, -0.05) is 29.8 Å². The number of nitrogens with zero attached hydrogens (tertiary/aromatic N) is 4. The number of carbonyl (C=O) groups excluding carboxylic acids is 1. The van der Waals surface area contributed by atoms with Gasteiger partial charge in [0, 0.05) is 28.2 Å². The molecule has 0 radical (unpaired) electrons. The molecule has 0 bridgehead atoms. The third-order valence-electron chi connectivity index (χ3n) is 4.72. The van der Waals surface area contributed by atoms with Crippen molar-refractivity contribution in [2.24, 2.45) is 10.1 Å². The number of aliphatic imine (C=N–C) groups is 1. The third kappa shape index (κ3) is 3.49. The molecule has 31 heavy (non-hydrogen) atoms. The Morgan fingerprint density at radius 3 is 2.74 bits per heavy atom. The fraction of sp³-hybridized carbons (Fsp3) is 0. The van der Waals surface area contributed by atoms with E-state index in [2.05, 4.69) is 10.1 Å². The highest BCUT2D eigenvalue weighted by Gasteiger charge is 2.36. The Morgan fingerprint density at radius 2 is 1.94 bits per heavy atom. The number of hydrogen-bond donors (Lipinski definition) is 1. The highest BCUT2D eigenvalue weighted by atomic mass is 35.5. The number of amidine groups is 2. The van der Waals surface area contributed by atoms with E-state index in [9.17, 15) is 9.18 Å². The molecule has 2 aromatic carbocycles. The number of nitrogens with one attached hydrogen (secondary N) is 1. The first-order chi connectivity index (χ1) is 15.0. The second-order valence-electron chi connectivity index (χ2n) is 6.69. The number of carbonyl (C=O) groups is 1. The zero-order valence-corrected chi connectivity index (χ0v) is 17.4. The van der Waals surface area contributed by atoms with Gasteiger partial charge in [0.15, 0.2) is 5.84 Å². The molecule has 0 atom stereocenters. The Hall–Kier alpha value is -3.49. The highest BCUT2D eigenvalue weighted by Crippen LogP contribution is 2.32. The summed E-state index contributed by atoms with van der Waals surface area (Å²) in [6, 6.07) is 17.2. The van der Waals surface area contributed by atoms with Crippen LogP contribution in [-0.2, 0) is 4.79 Å². The minimum Gasteiger partial charge on any atom is -0.317 e. The number of benzene rings is 2. The van der Waals surface area contributed by atoms with Crippen LogP contribution in [0.4, 0.5) is 4.39 Å². The summed E-state index contributed by atoms with van der Waals surface area (Å²) in [6.45, 7) is 0. The van der Waals surface area contributed by atoms with Crippen molar-refractivity contribution in [1.29, 1.82) is 5.41 Å². The van der Waals surface area contributed by atoms with Gasteiger partial charge in [-0.25, -0.2) is 4.39 Å². The molecule has 2 aliphatic rings. The van der Waals surface area contributed by atoms with Gasteiger partial charge in [0.1, 0.15) is 10.9 Å². The van der Waals surface area contributed by atoms with Gasteiger partial charge in [0.2, 0.25) is 5.17 Å². The molecule has 3 aromatic rings. The van der Waals surface area contributed by atoms with Crippen LogP contribution in [0.15, 0.2) is 82.5 Å². The van der Waals surface area contributed by atoms with Crippen molar-refractivity contribution in [2.75, 3.05) is 0 Å². The third-order valence-corrected chi connectivity index (χ3v) is 5.89. The first-order valence-corrected chi connectivity index (χ1v) is 10.4. The van der Waals surface area contributed by atoms with E-state index in [1.165, 1.54) is 11.1 Å². The predicted octanol–water partition coefficient (Wildman–Crippen LogP) is 4.94. The second kappa shape index (κ2) is 7.64. The number of hydrazone groups is 1. The normalized spacial score (nSPS) is 17.1. The van der Waals surface area contributed by atoms with E-state index in [1.54, 1.807) is 36.4 Å². The maximum absolute atomic E-state index is 14.2. The van der Waals surface area contributed by atoms with Gasteiger partial charge in [-0.05, 0) is 60.3 Å². The van der Waals surface area contributed by atoms with Gasteiger partial charge in [0.05, 0.1) is 5.57 Å². The topological polar surface area (TPSA) is 73.8 Å². The molecule has 152 valence electrons. The van der Waals surface area contributed by atoms with Crippen LogP contribution >= 0.6 is 23.4 Å². The van der Waals surface area contributed by atoms with Crippen LogP contribution in [0.3, 0.4) is 0 Å². The summed E-state index contributed by atoms with van der Waals surface area (Å²) in [5.74, 6) is -1.09. The number of thioether (sulfide) groups is 1. The van der Waals surface area contributed by atoms with Crippen LogP contribution in [0, 0.1) is 11.2 Å². The number of hydrogen-bond acceptors (Lipinski definition) is 4. The Morgan fingerprint density at radius 1 is 1.10 bits per heavy atom. The van der Waals surface area contributed by atoms with E-state index in [-0.39, 0.29) is 16.6 Å². The summed E-state index contributed by atoms with van der Waals surface area (Å²) < 4.78 is 16.0. The average molecular weight is 450 g/mol. The predicted molar refractivity (Wildman–Crippen MR) is 121 cm³/mol. The van der Waals surface area contributed by atoms with Crippen molar-refractivity contribution in [3.05, 3.63) is 94.5 Å². The monoisotopic (exact) mass is 449 g/mol. The summed E-state index contributed by atoms with van der Waals surface area (Å²) in [5.41, 5.74) is 1.88. The van der Waals surface area contributed by atoms with Gasteiger partial charge in [-0.15, -0.1) is 0 Å². The van der Waals surface area contributed by atoms with Crippen LogP contribution in [0.25, 0.3) is 11.8 Å². The summed E-state index contributed by atoms with van der Waals surface area (Å²) in [7, 11) is 0. The van der Waals surface area contributed by atoms with Gasteiger partial charge in [-0.2, -0.15) is 15.1 Å². The van der Waals surface area contributed by atoms with Crippen LogP contribution in [0.2, 0.25) is 5.02 Å². The van der Waals surface area contributed by atoms with Gasteiger partial charge in [-0.3, -0.25) is 10.2 Å². The van der Waals surface area contributed by atoms with Crippen molar-refractivity contribution in [3.63, 3.8) is 0 Å². The van der Waals surface area contributed by atoms with Gasteiger partial charge >= 0.3 is 0 Å². The first kappa shape index (κ1) is 19.5. The molecule has 9 heteroatoms. The lowest BCUT2D eigenvalue weighted by Gasteiger charge is -2.20. The number of aromatic nitrogens is 1. The maximum Gasteiger partial charge on any atom is 0.283 e. The van der Waals surface area contributed by atoms with Gasteiger partial charge < -0.3 is 4.57 Å². The van der Waals surface area contributed by atoms with Crippen LogP contribution < -0.4 is 0 Å². The molecule has 0 unspecified atom stereocenters. The summed E-state index contributed by atoms with van der Waals surface area (Å²) >= 11 is 7.16. The van der Waals surface area contributed by atoms with Gasteiger partial charge in [0.25, 0.3) is 5.91 Å². The Labute approximate surface area is 185 Å². The Kier molecular flexibility index (Phi) is 4.80. The van der Waals surface area contributed by atoms with E-state index < -0.39 is 11.7 Å². The molecule has 2 aliphatic heterocycles. The first-order valence-electron chi connectivity index (χ1n) is 9.20. The molecular weight excluding hydrogens is 437 g/mol. The summed E-state index contributed by atoms with van der Waals surface area (Å²) in [5, 5.41) is 15.3. The molecule has 5 rings (SSSR count). The SMILES string of the molecule is N=C1/C(=C\c2cccn2-c2cccc(Cl)c2)C(=O)N=C2SC(c3ccccc3F)=NN12. The largest absolute Gasteiger partial charge is 0.317 e. The van der Waals surface area contributed by atoms with Crippen LogP contribution in [-0.4, -0.2) is 31.5 Å². The molecule has 3 heterocycles. The summed E-state index contributed by atoms with van der Waals surface area (Å²) in [6.07, 6.45) is 3.43. The number of halogens is 2. The number of rotatable bonds is 3. The van der Waals surface area contributed by atoms with Crippen molar-refractivity contribution >= 4 is 51.4 Å². The lowest BCUT2D eigenvalue weighted by molar-refractivity contribution is -0.114. The average Bonchev–Trinajstić information content (AvgIpc) is 3.38. The molecule has 0 fully saturated rings. The zero-order valence-electron chi connectivity index (χ0n) is 15.8. The van der Waals surface area contributed by atoms with Crippen LogP contribution in [0.5, 0.6) is 0 Å². The highest BCUT2D eigenvalue weighted by molar-refractivity contribution is 8.27. The molecule has 1 amide bonds. The van der Waals surface area contributed by atoms with E-state index in [0.717, 1.165) is 17.4 Å². The van der Waals surface area contributed by atoms with Crippen molar-refractivity contribution in [3.8, 4) is 5.69 Å². The minimum atomic E-state index is -0.549. The summed E-state index contributed by atoms with van der Waals surface area (Å²) in [4.78, 5) is 16.8. The molecule has 0 saturated heterocycles. The van der Waals surface area contributed by atoms with E-state index in [4.69, 9.17) is 17.0 Å². The molecule has 0 aliphatic carbocycles. The number of fused-ring (bicyclic) bond motifs is 1. The zero-order chi connectivity index (χ0) is 21.5. The fourth-order valence-corrected chi connectivity index (χ4v) is 4.36. The minimum absolute atomic E-state index is 0.0878. The molecule has 1 aromatic heterocycles. The van der Waals surface area contributed by atoms with E-state index in [1.807, 2.05) is 35.0 Å². The smallest absolute Gasteiger partial charge is 0.283 e. The van der Waals surface area contributed by atoms with E-state index in [0.29, 0.717) is 21.3 Å². The molecule has 0 saturated carbocycles. The Bertz CT molecular complexity index is 1340. The van der Waals surface area contributed by atoms with Crippen molar-refractivity contribution < 1.29 is 9.18 Å². The molecular formula is C22H13ClFN5OS. The van der Waals surface area contributed by atoms with Crippen molar-refractivity contribution in [1.82, 2.24) is 9.58 Å². The van der Waals surface area contributed by atoms with E-state index >= 15 is 0 Å². The lowest BCUT2D eigenvalue weighted by Crippen LogP contribution is -2.35. The maximum atomic E-state index is 14.2. The lowest BCUT2D eigenvalue weighted by atomic mass is 10.1. The van der Waals surface area contributed by atoms with Crippen LogP contribution in [0.1, 0.15) is 11.3 Å². The molecule has 0 spiro atoms. The molecule has 6 nitrogen and oxygen atoms in total. The van der Waals surface area contributed by atoms with Crippen molar-refractivity contribution in [2.45, 2.75) is 0 Å². The Balaban J connectivity index is 1.52. The standard InChI is InChI=1S/C22H13ClFN5OS/c23-13-5-3-6-14(11-13)28-10-4-7-15(28)12-17-19(25)29-22(26-20(17)30)31-21(27-29)16-8-1-2-9-18(16)24/h1-12,25H/b17-12+,25-19?. The quantitative estimate of drug-likeness (QED) is 0.576. The number of amides is 1. The second-order valence-corrected chi connectivity index (χ2v) is 8.08.